The highest BCUT2D eigenvalue weighted by molar-refractivity contribution is 7.88. The Labute approximate surface area is 131 Å². The maximum Gasteiger partial charge on any atom is 0.242 e. The van der Waals surface area contributed by atoms with Crippen LogP contribution in [-0.4, -0.2) is 64.0 Å². The smallest absolute Gasteiger partial charge is 0.242 e. The molecule has 22 heavy (non-hydrogen) atoms. The van der Waals surface area contributed by atoms with Crippen LogP contribution in [-0.2, 0) is 14.8 Å². The van der Waals surface area contributed by atoms with E-state index in [9.17, 15) is 17.6 Å². The highest BCUT2D eigenvalue weighted by atomic mass is 32.2. The van der Waals surface area contributed by atoms with Crippen molar-refractivity contribution < 1.29 is 17.6 Å². The lowest BCUT2D eigenvalue weighted by molar-refractivity contribution is -0.125. The van der Waals surface area contributed by atoms with Crippen LogP contribution in [0.3, 0.4) is 0 Å². The van der Waals surface area contributed by atoms with Crippen molar-refractivity contribution in [1.82, 2.24) is 14.5 Å². The molecule has 0 aromatic heterocycles. The number of benzene rings is 1. The van der Waals surface area contributed by atoms with E-state index < -0.39 is 21.9 Å². The molecule has 0 saturated heterocycles. The Morgan fingerprint density at radius 1 is 1.27 bits per heavy atom. The predicted molar refractivity (Wildman–Crippen MR) is 83.3 cm³/mol. The molecule has 1 rings (SSSR count). The van der Waals surface area contributed by atoms with E-state index in [1.165, 1.54) is 13.1 Å². The monoisotopic (exact) mass is 331 g/mol. The molecule has 6 nitrogen and oxygen atoms in total. The minimum atomic E-state index is -3.28. The molecule has 1 aromatic carbocycles. The van der Waals surface area contributed by atoms with Crippen LogP contribution >= 0.6 is 0 Å². The SMILES string of the molecule is CN(C)[C@@H](C(=O)NCCN(C)S(C)(=O)=O)c1ccccc1F. The molecule has 1 aromatic rings. The van der Waals surface area contributed by atoms with E-state index in [0.717, 1.165) is 10.6 Å². The summed E-state index contributed by atoms with van der Waals surface area (Å²) >= 11 is 0. The van der Waals surface area contributed by atoms with Crippen molar-refractivity contribution in [2.75, 3.05) is 40.5 Å². The Hall–Kier alpha value is -1.51. The summed E-state index contributed by atoms with van der Waals surface area (Å²) in [5.74, 6) is -0.832. The van der Waals surface area contributed by atoms with Crippen LogP contribution in [0.4, 0.5) is 4.39 Å². The van der Waals surface area contributed by atoms with Gasteiger partial charge in [0, 0.05) is 25.7 Å². The van der Waals surface area contributed by atoms with E-state index in [1.54, 1.807) is 37.2 Å². The highest BCUT2D eigenvalue weighted by Gasteiger charge is 2.25. The van der Waals surface area contributed by atoms with Gasteiger partial charge in [-0.2, -0.15) is 0 Å². The molecule has 1 amide bonds. The number of sulfonamides is 1. The van der Waals surface area contributed by atoms with Crippen LogP contribution < -0.4 is 5.32 Å². The Morgan fingerprint density at radius 3 is 2.36 bits per heavy atom. The van der Waals surface area contributed by atoms with Crippen molar-refractivity contribution in [3.63, 3.8) is 0 Å². The molecule has 1 N–H and O–H groups in total. The van der Waals surface area contributed by atoms with Crippen LogP contribution in [0.25, 0.3) is 0 Å². The maximum absolute atomic E-state index is 13.9. The molecule has 0 bridgehead atoms. The summed E-state index contributed by atoms with van der Waals surface area (Å²) in [6.07, 6.45) is 1.09. The first kappa shape index (κ1) is 18.5. The quantitative estimate of drug-likeness (QED) is 0.787. The number of carbonyl (C=O) groups is 1. The standard InChI is InChI=1S/C14H22FN3O3S/c1-17(2)13(11-7-5-6-8-12(11)15)14(19)16-9-10-18(3)22(4,20)21/h5-8,13H,9-10H2,1-4H3,(H,16,19)/t13-/m1/s1. The first-order valence-corrected chi connectivity index (χ1v) is 8.59. The fraction of sp³-hybridized carbons (Fsp3) is 0.500. The number of nitrogens with zero attached hydrogens (tertiary/aromatic N) is 2. The topological polar surface area (TPSA) is 69.7 Å². The van der Waals surface area contributed by atoms with Gasteiger partial charge in [-0.15, -0.1) is 0 Å². The van der Waals surface area contributed by atoms with Crippen LogP contribution in [0.2, 0.25) is 0 Å². The molecule has 0 aliphatic rings. The van der Waals surface area contributed by atoms with Crippen LogP contribution in [0, 0.1) is 5.82 Å². The Kier molecular flexibility index (Phi) is 6.46. The molecule has 0 radical (unpaired) electrons. The summed E-state index contributed by atoms with van der Waals surface area (Å²) < 4.78 is 37.6. The van der Waals surface area contributed by atoms with Crippen molar-refractivity contribution in [3.8, 4) is 0 Å². The number of amides is 1. The molecular weight excluding hydrogens is 309 g/mol. The normalized spacial score (nSPS) is 13.4. The van der Waals surface area contributed by atoms with Crippen LogP contribution in [0.5, 0.6) is 0 Å². The van der Waals surface area contributed by atoms with Gasteiger partial charge in [-0.05, 0) is 20.2 Å². The fourth-order valence-corrected chi connectivity index (χ4v) is 2.37. The molecule has 0 aliphatic carbocycles. The van der Waals surface area contributed by atoms with Gasteiger partial charge in [-0.25, -0.2) is 17.1 Å². The third-order valence-corrected chi connectivity index (χ3v) is 4.57. The first-order valence-electron chi connectivity index (χ1n) is 6.74. The second-order valence-electron chi connectivity index (χ2n) is 5.26. The van der Waals surface area contributed by atoms with Gasteiger partial charge in [-0.1, -0.05) is 18.2 Å². The van der Waals surface area contributed by atoms with Crippen LogP contribution in [0.1, 0.15) is 11.6 Å². The van der Waals surface area contributed by atoms with E-state index in [1.807, 2.05) is 0 Å². The molecule has 0 saturated carbocycles. The molecule has 0 fully saturated rings. The lowest BCUT2D eigenvalue weighted by Crippen LogP contribution is -2.41. The Balaban J connectivity index is 2.74. The van der Waals surface area contributed by atoms with E-state index in [2.05, 4.69) is 5.32 Å². The van der Waals surface area contributed by atoms with E-state index in [4.69, 9.17) is 0 Å². The van der Waals surface area contributed by atoms with E-state index in [-0.39, 0.29) is 24.6 Å². The Bertz CT molecular complexity index is 620. The molecule has 8 heteroatoms. The zero-order valence-corrected chi connectivity index (χ0v) is 14.0. The second kappa shape index (κ2) is 7.66. The first-order chi connectivity index (χ1) is 10.1. The van der Waals surface area contributed by atoms with Gasteiger partial charge in [0.2, 0.25) is 15.9 Å². The number of hydrogen-bond donors (Lipinski definition) is 1. The number of nitrogens with one attached hydrogen (secondary N) is 1. The van der Waals surface area contributed by atoms with Crippen molar-refractivity contribution in [1.29, 1.82) is 0 Å². The van der Waals surface area contributed by atoms with Gasteiger partial charge in [0.1, 0.15) is 11.9 Å². The minimum Gasteiger partial charge on any atom is -0.353 e. The Morgan fingerprint density at radius 2 is 1.86 bits per heavy atom. The fourth-order valence-electron chi connectivity index (χ4n) is 1.95. The zero-order chi connectivity index (χ0) is 16.9. The predicted octanol–water partition coefficient (Wildman–Crippen LogP) is 0.436. The number of carbonyl (C=O) groups excluding carboxylic acids is 1. The molecule has 0 aliphatic heterocycles. The van der Waals surface area contributed by atoms with Gasteiger partial charge in [0.15, 0.2) is 0 Å². The van der Waals surface area contributed by atoms with E-state index in [0.29, 0.717) is 0 Å². The number of halogens is 1. The lowest BCUT2D eigenvalue weighted by atomic mass is 10.0. The van der Waals surface area contributed by atoms with Gasteiger partial charge < -0.3 is 5.32 Å². The minimum absolute atomic E-state index is 0.154. The summed E-state index contributed by atoms with van der Waals surface area (Å²) in [6.45, 7) is 0.309. The summed E-state index contributed by atoms with van der Waals surface area (Å²) in [4.78, 5) is 13.9. The third kappa shape index (κ3) is 5.04. The summed E-state index contributed by atoms with van der Waals surface area (Å²) in [6, 6.07) is 5.31. The van der Waals surface area contributed by atoms with Crippen LogP contribution in [0.15, 0.2) is 24.3 Å². The van der Waals surface area contributed by atoms with Crippen molar-refractivity contribution in [2.45, 2.75) is 6.04 Å². The van der Waals surface area contributed by atoms with Crippen molar-refractivity contribution in [2.24, 2.45) is 0 Å². The summed E-state index contributed by atoms with van der Waals surface area (Å²) in [5.41, 5.74) is 0.279. The highest BCUT2D eigenvalue weighted by Crippen LogP contribution is 2.21. The molecule has 0 unspecified atom stereocenters. The molecular formula is C14H22FN3O3S. The lowest BCUT2D eigenvalue weighted by Gasteiger charge is -2.24. The largest absolute Gasteiger partial charge is 0.353 e. The van der Waals surface area contributed by atoms with Gasteiger partial charge in [0.05, 0.1) is 6.26 Å². The summed E-state index contributed by atoms with van der Waals surface area (Å²) in [7, 11) is 1.51. The number of hydrogen-bond acceptors (Lipinski definition) is 4. The average molecular weight is 331 g/mol. The van der Waals surface area contributed by atoms with Gasteiger partial charge >= 0.3 is 0 Å². The maximum atomic E-state index is 13.9. The van der Waals surface area contributed by atoms with Gasteiger partial charge in [-0.3, -0.25) is 9.69 Å². The van der Waals surface area contributed by atoms with Crippen molar-refractivity contribution >= 4 is 15.9 Å². The average Bonchev–Trinajstić information content (AvgIpc) is 2.39. The molecule has 124 valence electrons. The molecule has 0 spiro atoms. The van der Waals surface area contributed by atoms with E-state index >= 15 is 0 Å². The number of likely N-dealkylation sites (N-methyl/N-ethyl adjacent to an activating group) is 2. The van der Waals surface area contributed by atoms with Crippen molar-refractivity contribution in [3.05, 3.63) is 35.6 Å². The van der Waals surface area contributed by atoms with Gasteiger partial charge in [0.25, 0.3) is 0 Å². The number of rotatable bonds is 7. The molecule has 1 atom stereocenters. The third-order valence-electron chi connectivity index (χ3n) is 3.26. The molecule has 0 heterocycles. The summed E-state index contributed by atoms with van der Waals surface area (Å²) in [5, 5.41) is 2.64. The zero-order valence-electron chi connectivity index (χ0n) is 13.2. The second-order valence-corrected chi connectivity index (χ2v) is 7.35.